The summed E-state index contributed by atoms with van der Waals surface area (Å²) in [5.74, 6) is -6.85. The van der Waals surface area contributed by atoms with E-state index in [1.165, 1.54) is 4.90 Å². The van der Waals surface area contributed by atoms with Crippen molar-refractivity contribution in [3.8, 4) is 0 Å². The van der Waals surface area contributed by atoms with Gasteiger partial charge in [0.05, 0.1) is 6.04 Å². The standard InChI is InChI=1S/C11H22N8O4.2C2HF3O2/c12-6-4-8(9(14)20)18(5-6)10(21)7(13)2-1-3-16-11(15)17-19(22)23;2*3-2(4,5)1(6)7/h6-8H,1-5,12-13H2,(H2,14,20)(H3,15,16,17);2*(H,6,7)/t6-,7+,8+;;/m1../s1. The van der Waals surface area contributed by atoms with Crippen LogP contribution in [0.1, 0.15) is 19.3 Å². The highest BCUT2D eigenvalue weighted by Crippen LogP contribution is 2.18. The number of carbonyl (C=O) groups excluding carboxylic acids is 2. The number of hydrazine groups is 1. The molecular weight excluding hydrogens is 534 g/mol. The molecule has 1 aliphatic rings. The summed E-state index contributed by atoms with van der Waals surface area (Å²) in [7, 11) is 0. The highest BCUT2D eigenvalue weighted by molar-refractivity contribution is 5.89. The number of aliphatic carboxylic acids is 2. The fourth-order valence-electron chi connectivity index (χ4n) is 2.36. The molecule has 3 atom stereocenters. The quantitative estimate of drug-likeness (QED) is 0.0440. The first-order valence-corrected chi connectivity index (χ1v) is 9.53. The van der Waals surface area contributed by atoms with Crippen molar-refractivity contribution >= 4 is 29.7 Å². The fourth-order valence-corrected chi connectivity index (χ4v) is 2.36. The molecule has 0 aromatic heterocycles. The second-order valence-electron chi connectivity index (χ2n) is 6.89. The van der Waals surface area contributed by atoms with Crippen LogP contribution in [-0.2, 0) is 19.2 Å². The molecule has 214 valence electrons. The number of likely N-dealkylation sites (tertiary alicyclic amines) is 1. The van der Waals surface area contributed by atoms with Crippen molar-refractivity contribution in [1.82, 2.24) is 10.3 Å². The summed E-state index contributed by atoms with van der Waals surface area (Å²) in [6, 6.07) is -1.87. The predicted molar refractivity (Wildman–Crippen MR) is 108 cm³/mol. The number of nitrogens with zero attached hydrogens (tertiary/aromatic N) is 3. The Morgan fingerprint density at radius 2 is 1.51 bits per heavy atom. The number of primary amides is 1. The SMILES string of the molecule is NC(=O)[C@@H]1C[C@@H](N)CN1C(=O)[C@@H](N)CCCN=C(N)N[N+](=O)[O-].O=C(O)C(F)(F)F.O=C(O)C(F)(F)F. The number of nitrogens with one attached hydrogen (secondary N) is 1. The first-order chi connectivity index (χ1) is 16.6. The number of carbonyl (C=O) groups is 4. The summed E-state index contributed by atoms with van der Waals surface area (Å²) in [5.41, 5.74) is 23.8. The normalized spacial score (nSPS) is 18.4. The number of hydrogen-bond donors (Lipinski definition) is 7. The third-order valence-corrected chi connectivity index (χ3v) is 3.91. The number of nitro groups is 1. The van der Waals surface area contributed by atoms with Gasteiger partial charge < -0.3 is 38.0 Å². The van der Waals surface area contributed by atoms with Crippen LogP contribution in [-0.4, -0.2) is 93.4 Å². The molecule has 11 N–H and O–H groups in total. The minimum absolute atomic E-state index is 0.173. The van der Waals surface area contributed by atoms with Crippen LogP contribution >= 0.6 is 0 Å². The summed E-state index contributed by atoms with van der Waals surface area (Å²) in [5, 5.41) is 23.5. The molecule has 0 aromatic carbocycles. The van der Waals surface area contributed by atoms with Gasteiger partial charge in [-0.2, -0.15) is 26.3 Å². The Kier molecular flexibility index (Phi) is 14.5. The largest absolute Gasteiger partial charge is 0.490 e. The number of carboxylic acid groups (broad SMARTS) is 2. The van der Waals surface area contributed by atoms with Crippen LogP contribution < -0.4 is 28.4 Å². The monoisotopic (exact) mass is 558 g/mol. The average Bonchev–Trinajstić information content (AvgIpc) is 3.11. The van der Waals surface area contributed by atoms with Crippen LogP contribution in [0.4, 0.5) is 26.3 Å². The lowest BCUT2D eigenvalue weighted by atomic mass is 10.1. The zero-order chi connectivity index (χ0) is 29.7. The van der Waals surface area contributed by atoms with Crippen LogP contribution in [0.15, 0.2) is 4.99 Å². The van der Waals surface area contributed by atoms with E-state index in [-0.39, 0.29) is 31.5 Å². The Morgan fingerprint density at radius 1 is 1.08 bits per heavy atom. The van der Waals surface area contributed by atoms with Gasteiger partial charge in [0.15, 0.2) is 5.03 Å². The van der Waals surface area contributed by atoms with Gasteiger partial charge in [-0.15, -0.1) is 0 Å². The number of guanidine groups is 1. The lowest BCUT2D eigenvalue weighted by molar-refractivity contribution is -0.525. The molecule has 1 heterocycles. The molecule has 1 rings (SSSR count). The molecule has 0 bridgehead atoms. The van der Waals surface area contributed by atoms with E-state index in [4.69, 9.17) is 42.7 Å². The van der Waals surface area contributed by atoms with Crippen molar-refractivity contribution < 1.29 is 60.8 Å². The molecule has 22 heteroatoms. The maximum atomic E-state index is 12.3. The van der Waals surface area contributed by atoms with Gasteiger partial charge in [0.1, 0.15) is 6.04 Å². The lowest BCUT2D eigenvalue weighted by Crippen LogP contribution is -2.50. The van der Waals surface area contributed by atoms with Crippen LogP contribution in [0.2, 0.25) is 0 Å². The lowest BCUT2D eigenvalue weighted by Gasteiger charge is -2.25. The second kappa shape index (κ2) is 15.2. The minimum Gasteiger partial charge on any atom is -0.475 e. The molecule has 1 fully saturated rings. The summed E-state index contributed by atoms with van der Waals surface area (Å²) in [4.78, 5) is 56.5. The Balaban J connectivity index is 0. The number of halogens is 6. The number of hydrogen-bond acceptors (Lipinski definition) is 9. The van der Waals surface area contributed by atoms with Gasteiger partial charge >= 0.3 is 24.3 Å². The summed E-state index contributed by atoms with van der Waals surface area (Å²) in [6.45, 7) is 0.407. The zero-order valence-electron chi connectivity index (χ0n) is 18.5. The Hall–Kier alpha value is -3.95. The summed E-state index contributed by atoms with van der Waals surface area (Å²) in [6.07, 6.45) is -9.17. The first kappa shape index (κ1) is 35.2. The minimum atomic E-state index is -5.08. The molecular formula is C15H24F6N8O8. The van der Waals surface area contributed by atoms with Crippen molar-refractivity contribution in [2.24, 2.45) is 27.9 Å². The number of nitrogens with two attached hydrogens (primary N) is 4. The number of carboxylic acids is 2. The Labute approximate surface area is 202 Å². The Morgan fingerprint density at radius 3 is 1.86 bits per heavy atom. The van der Waals surface area contributed by atoms with E-state index in [1.54, 1.807) is 5.43 Å². The maximum absolute atomic E-state index is 12.3. The van der Waals surface area contributed by atoms with Gasteiger partial charge in [0.2, 0.25) is 11.8 Å². The van der Waals surface area contributed by atoms with Crippen molar-refractivity contribution in [1.29, 1.82) is 0 Å². The number of aliphatic imine (C=N–C) groups is 1. The van der Waals surface area contributed by atoms with Crippen LogP contribution in [0, 0.1) is 10.1 Å². The smallest absolute Gasteiger partial charge is 0.475 e. The fraction of sp³-hybridized carbons (Fsp3) is 0.667. The van der Waals surface area contributed by atoms with E-state index in [0.29, 0.717) is 12.8 Å². The maximum Gasteiger partial charge on any atom is 0.490 e. The molecule has 0 spiro atoms. The van der Waals surface area contributed by atoms with E-state index >= 15 is 0 Å². The van der Waals surface area contributed by atoms with Gasteiger partial charge in [0.25, 0.3) is 5.96 Å². The third kappa shape index (κ3) is 15.6. The predicted octanol–water partition coefficient (Wildman–Crippen LogP) is -2.13. The topological polar surface area (TPSA) is 284 Å². The molecule has 37 heavy (non-hydrogen) atoms. The zero-order valence-corrected chi connectivity index (χ0v) is 18.5. The molecule has 16 nitrogen and oxygen atoms in total. The van der Waals surface area contributed by atoms with E-state index in [1.807, 2.05) is 0 Å². The summed E-state index contributed by atoms with van der Waals surface area (Å²) >= 11 is 0. The van der Waals surface area contributed by atoms with E-state index < -0.39 is 53.2 Å². The van der Waals surface area contributed by atoms with Gasteiger partial charge in [-0.25, -0.2) is 24.7 Å². The molecule has 0 unspecified atom stereocenters. The van der Waals surface area contributed by atoms with Crippen LogP contribution in [0.25, 0.3) is 0 Å². The number of rotatable bonds is 7. The van der Waals surface area contributed by atoms with E-state index in [0.717, 1.165) is 0 Å². The van der Waals surface area contributed by atoms with Gasteiger partial charge in [-0.3, -0.25) is 9.59 Å². The van der Waals surface area contributed by atoms with E-state index in [9.17, 15) is 46.0 Å². The third-order valence-electron chi connectivity index (χ3n) is 3.91. The highest BCUT2D eigenvalue weighted by atomic mass is 19.4. The van der Waals surface area contributed by atoms with Crippen molar-refractivity contribution in [2.45, 2.75) is 49.7 Å². The average molecular weight is 558 g/mol. The first-order valence-electron chi connectivity index (χ1n) is 9.53. The molecule has 1 saturated heterocycles. The molecule has 1 aliphatic heterocycles. The molecule has 0 aliphatic carbocycles. The van der Waals surface area contributed by atoms with Gasteiger partial charge in [-0.05, 0) is 19.3 Å². The van der Waals surface area contributed by atoms with Crippen LogP contribution in [0.5, 0.6) is 0 Å². The summed E-state index contributed by atoms with van der Waals surface area (Å²) < 4.78 is 63.5. The second-order valence-corrected chi connectivity index (χ2v) is 6.89. The Bertz CT molecular complexity index is 830. The van der Waals surface area contributed by atoms with Gasteiger partial charge in [-0.1, -0.05) is 5.43 Å². The number of alkyl halides is 6. The van der Waals surface area contributed by atoms with Crippen LogP contribution in [0.3, 0.4) is 0 Å². The van der Waals surface area contributed by atoms with Crippen molar-refractivity contribution in [3.05, 3.63) is 10.1 Å². The van der Waals surface area contributed by atoms with Gasteiger partial charge in [0, 0.05) is 19.1 Å². The van der Waals surface area contributed by atoms with Crippen molar-refractivity contribution in [2.75, 3.05) is 13.1 Å². The van der Waals surface area contributed by atoms with E-state index in [2.05, 4.69) is 4.99 Å². The highest BCUT2D eigenvalue weighted by Gasteiger charge is 2.39. The van der Waals surface area contributed by atoms with Crippen molar-refractivity contribution in [3.63, 3.8) is 0 Å². The molecule has 0 saturated carbocycles. The molecule has 0 aromatic rings. The number of amides is 2. The molecule has 2 amide bonds. The molecule has 0 radical (unpaired) electrons.